The van der Waals surface area contributed by atoms with E-state index in [9.17, 15) is 4.79 Å². The summed E-state index contributed by atoms with van der Waals surface area (Å²) in [6, 6.07) is 9.05. The Bertz CT molecular complexity index is 921. The number of nitrogens with one attached hydrogen (secondary N) is 2. The van der Waals surface area contributed by atoms with E-state index in [0.29, 0.717) is 52.6 Å². The van der Waals surface area contributed by atoms with Gasteiger partial charge in [0, 0.05) is 11.8 Å². The molecule has 0 atom stereocenters. The average molecular weight is 371 g/mol. The Labute approximate surface area is 154 Å². The third-order valence-electron chi connectivity index (χ3n) is 3.80. The van der Waals surface area contributed by atoms with Gasteiger partial charge in [-0.2, -0.15) is 0 Å². The van der Waals surface area contributed by atoms with Crippen LogP contribution in [0.3, 0.4) is 0 Å². The van der Waals surface area contributed by atoms with Crippen LogP contribution in [0, 0.1) is 6.92 Å². The first-order valence-electron chi connectivity index (χ1n) is 8.14. The minimum absolute atomic E-state index is 0.206. The summed E-state index contributed by atoms with van der Waals surface area (Å²) < 4.78 is 16.3. The highest BCUT2D eigenvalue weighted by atomic mass is 32.1. The molecule has 3 aromatic rings. The van der Waals surface area contributed by atoms with Crippen molar-refractivity contribution in [2.24, 2.45) is 0 Å². The van der Waals surface area contributed by atoms with E-state index >= 15 is 0 Å². The molecule has 0 radical (unpaired) electrons. The summed E-state index contributed by atoms with van der Waals surface area (Å²) in [7, 11) is 0. The molecule has 0 aliphatic carbocycles. The average Bonchev–Trinajstić information content (AvgIpc) is 3.29. The highest BCUT2D eigenvalue weighted by molar-refractivity contribution is 7.17. The zero-order valence-corrected chi connectivity index (χ0v) is 14.9. The minimum atomic E-state index is -0.206. The van der Waals surface area contributed by atoms with Gasteiger partial charge in [0.1, 0.15) is 23.9 Å². The van der Waals surface area contributed by atoms with Crippen molar-refractivity contribution in [2.45, 2.75) is 13.5 Å². The molecular weight excluding hydrogens is 354 g/mol. The third kappa shape index (κ3) is 3.50. The van der Waals surface area contributed by atoms with Crippen molar-refractivity contribution in [1.29, 1.82) is 0 Å². The molecule has 3 heterocycles. The zero-order valence-electron chi connectivity index (χ0n) is 14.1. The number of rotatable bonds is 5. The first-order chi connectivity index (χ1) is 12.7. The molecule has 7 nitrogen and oxygen atoms in total. The maximum Gasteiger partial charge on any atom is 0.267 e. The molecule has 0 bridgehead atoms. The molecule has 1 aromatic carbocycles. The molecule has 134 valence electrons. The van der Waals surface area contributed by atoms with Gasteiger partial charge < -0.3 is 24.5 Å². The van der Waals surface area contributed by atoms with Gasteiger partial charge in [0.15, 0.2) is 16.6 Å². The number of benzene rings is 1. The zero-order chi connectivity index (χ0) is 17.9. The molecule has 0 saturated heterocycles. The Hall–Kier alpha value is -3.00. The maximum absolute atomic E-state index is 12.6. The monoisotopic (exact) mass is 371 g/mol. The van der Waals surface area contributed by atoms with Gasteiger partial charge in [-0.1, -0.05) is 11.3 Å². The van der Waals surface area contributed by atoms with E-state index in [0.717, 1.165) is 5.76 Å². The second-order valence-corrected chi connectivity index (χ2v) is 6.68. The predicted octanol–water partition coefficient (Wildman–Crippen LogP) is 3.68. The van der Waals surface area contributed by atoms with Crippen molar-refractivity contribution >= 4 is 28.1 Å². The molecule has 1 amide bonds. The number of hydrogen-bond acceptors (Lipinski definition) is 7. The summed E-state index contributed by atoms with van der Waals surface area (Å²) in [5.74, 6) is 1.92. The summed E-state index contributed by atoms with van der Waals surface area (Å²) in [5.41, 5.74) is 1.32. The Morgan fingerprint density at radius 1 is 1.23 bits per heavy atom. The normalized spacial score (nSPS) is 12.7. The van der Waals surface area contributed by atoms with Gasteiger partial charge in [-0.15, -0.1) is 0 Å². The largest absolute Gasteiger partial charge is 0.486 e. The lowest BCUT2D eigenvalue weighted by atomic mass is 10.2. The van der Waals surface area contributed by atoms with Crippen molar-refractivity contribution < 1.29 is 18.7 Å². The number of nitrogens with zero attached hydrogens (tertiary/aromatic N) is 1. The fourth-order valence-corrected chi connectivity index (χ4v) is 3.42. The van der Waals surface area contributed by atoms with Crippen molar-refractivity contribution in [3.63, 3.8) is 0 Å². The molecule has 4 rings (SSSR count). The van der Waals surface area contributed by atoms with Crippen molar-refractivity contribution in [3.05, 3.63) is 52.9 Å². The summed E-state index contributed by atoms with van der Waals surface area (Å²) in [4.78, 5) is 17.6. The molecule has 2 N–H and O–H groups in total. The van der Waals surface area contributed by atoms with Gasteiger partial charge in [-0.05, 0) is 31.2 Å². The minimum Gasteiger partial charge on any atom is -0.486 e. The molecular formula is C18H17N3O4S. The van der Waals surface area contributed by atoms with E-state index < -0.39 is 0 Å². The first-order valence-corrected chi connectivity index (χ1v) is 8.95. The number of hydrogen-bond donors (Lipinski definition) is 2. The molecule has 0 fully saturated rings. The van der Waals surface area contributed by atoms with E-state index in [1.54, 1.807) is 24.5 Å². The van der Waals surface area contributed by atoms with Crippen molar-refractivity contribution in [1.82, 2.24) is 4.98 Å². The molecule has 0 unspecified atom stereocenters. The fraction of sp³-hybridized carbons (Fsp3) is 0.222. The highest BCUT2D eigenvalue weighted by Gasteiger charge is 2.17. The molecule has 8 heteroatoms. The number of anilines is 2. The van der Waals surface area contributed by atoms with E-state index in [4.69, 9.17) is 13.9 Å². The van der Waals surface area contributed by atoms with Crippen LogP contribution < -0.4 is 20.1 Å². The number of aryl methyl sites for hydroxylation is 1. The summed E-state index contributed by atoms with van der Waals surface area (Å²) >= 11 is 1.31. The molecule has 0 saturated carbocycles. The van der Waals surface area contributed by atoms with Gasteiger partial charge in [-0.25, -0.2) is 4.98 Å². The second-order valence-electron chi connectivity index (χ2n) is 5.68. The SMILES string of the molecule is Cc1nc(NCc2ccco2)sc1C(=O)Nc1ccc2c(c1)OCCO2. The molecule has 0 spiro atoms. The van der Waals surface area contributed by atoms with Gasteiger partial charge in [-0.3, -0.25) is 4.79 Å². The number of carbonyl (C=O) groups is 1. The van der Waals surface area contributed by atoms with Crippen LogP contribution in [0.5, 0.6) is 11.5 Å². The Morgan fingerprint density at radius 2 is 2.08 bits per heavy atom. The molecule has 26 heavy (non-hydrogen) atoms. The summed E-state index contributed by atoms with van der Waals surface area (Å²) in [5, 5.41) is 6.72. The van der Waals surface area contributed by atoms with Crippen LogP contribution >= 0.6 is 11.3 Å². The number of fused-ring (bicyclic) bond motifs is 1. The molecule has 1 aliphatic heterocycles. The lowest BCUT2D eigenvalue weighted by molar-refractivity contribution is 0.102. The predicted molar refractivity (Wildman–Crippen MR) is 98.3 cm³/mol. The number of thiazole rings is 1. The topological polar surface area (TPSA) is 85.6 Å². The van der Waals surface area contributed by atoms with E-state index in [2.05, 4.69) is 15.6 Å². The number of ether oxygens (including phenoxy) is 2. The summed E-state index contributed by atoms with van der Waals surface area (Å²) in [6.45, 7) is 3.37. The highest BCUT2D eigenvalue weighted by Crippen LogP contribution is 2.33. The molecule has 1 aliphatic rings. The van der Waals surface area contributed by atoms with Crippen LogP contribution in [0.25, 0.3) is 0 Å². The third-order valence-corrected chi connectivity index (χ3v) is 4.91. The van der Waals surface area contributed by atoms with Crippen LogP contribution in [0.1, 0.15) is 21.1 Å². The van der Waals surface area contributed by atoms with Gasteiger partial charge in [0.05, 0.1) is 18.5 Å². The second kappa shape index (κ2) is 7.09. The van der Waals surface area contributed by atoms with Crippen molar-refractivity contribution in [3.8, 4) is 11.5 Å². The lowest BCUT2D eigenvalue weighted by Crippen LogP contribution is -2.16. The molecule has 2 aromatic heterocycles. The van der Waals surface area contributed by atoms with Crippen LogP contribution in [-0.2, 0) is 6.54 Å². The number of amides is 1. The number of furan rings is 1. The maximum atomic E-state index is 12.6. The Morgan fingerprint density at radius 3 is 2.88 bits per heavy atom. The number of carbonyl (C=O) groups excluding carboxylic acids is 1. The van der Waals surface area contributed by atoms with E-state index in [-0.39, 0.29) is 5.91 Å². The van der Waals surface area contributed by atoms with Gasteiger partial charge in [0.2, 0.25) is 0 Å². The number of aromatic nitrogens is 1. The smallest absolute Gasteiger partial charge is 0.267 e. The van der Waals surface area contributed by atoms with E-state index in [1.807, 2.05) is 19.1 Å². The standard InChI is InChI=1S/C18H17N3O4S/c1-11-16(26-18(20-11)19-10-13-3-2-6-23-13)17(22)21-12-4-5-14-15(9-12)25-8-7-24-14/h2-6,9H,7-8,10H2,1H3,(H,19,20)(H,21,22). The van der Waals surface area contributed by atoms with Crippen LogP contribution in [0.4, 0.5) is 10.8 Å². The van der Waals surface area contributed by atoms with Crippen LogP contribution in [0.2, 0.25) is 0 Å². The van der Waals surface area contributed by atoms with Gasteiger partial charge >= 0.3 is 0 Å². The van der Waals surface area contributed by atoms with Crippen molar-refractivity contribution in [2.75, 3.05) is 23.8 Å². The first kappa shape index (κ1) is 16.5. The summed E-state index contributed by atoms with van der Waals surface area (Å²) in [6.07, 6.45) is 1.62. The quantitative estimate of drug-likeness (QED) is 0.712. The van der Waals surface area contributed by atoms with Crippen LogP contribution in [-0.4, -0.2) is 24.1 Å². The Kier molecular flexibility index (Phi) is 4.49. The van der Waals surface area contributed by atoms with E-state index in [1.165, 1.54) is 11.3 Å². The van der Waals surface area contributed by atoms with Gasteiger partial charge in [0.25, 0.3) is 5.91 Å². The lowest BCUT2D eigenvalue weighted by Gasteiger charge is -2.18. The van der Waals surface area contributed by atoms with Crippen LogP contribution in [0.15, 0.2) is 41.0 Å². The fourth-order valence-electron chi connectivity index (χ4n) is 2.57. The Balaban J connectivity index is 1.44.